The Morgan fingerprint density at radius 1 is 1.43 bits per heavy atom. The van der Waals surface area contributed by atoms with Crippen molar-refractivity contribution in [1.82, 2.24) is 0 Å². The summed E-state index contributed by atoms with van der Waals surface area (Å²) in [6.07, 6.45) is -2.44. The van der Waals surface area contributed by atoms with Crippen molar-refractivity contribution in [3.8, 4) is 6.07 Å². The molecule has 0 saturated carbocycles. The van der Waals surface area contributed by atoms with Gasteiger partial charge in [0, 0.05) is 25.9 Å². The van der Waals surface area contributed by atoms with Gasteiger partial charge in [0.2, 0.25) is 0 Å². The Kier molecular flexibility index (Phi) is 4.73. The van der Waals surface area contributed by atoms with Crippen molar-refractivity contribution in [2.24, 2.45) is 5.92 Å². The smallest absolute Gasteiger partial charge is 0.381 e. The highest BCUT2D eigenvalue weighted by molar-refractivity contribution is 5.55. The van der Waals surface area contributed by atoms with Gasteiger partial charge in [-0.05, 0) is 37.0 Å². The molecule has 1 aromatic rings. The quantitative estimate of drug-likeness (QED) is 0.857. The average Bonchev–Trinajstić information content (AvgIpc) is 2.46. The van der Waals surface area contributed by atoms with Crippen LogP contribution in [-0.2, 0) is 10.9 Å². The van der Waals surface area contributed by atoms with Gasteiger partial charge >= 0.3 is 6.18 Å². The molecular formula is C15H17F3N2O. The molecule has 114 valence electrons. The van der Waals surface area contributed by atoms with Crippen LogP contribution in [0.15, 0.2) is 18.2 Å². The predicted octanol–water partition coefficient (Wildman–Crippen LogP) is 3.44. The third-order valence-electron chi connectivity index (χ3n) is 3.66. The van der Waals surface area contributed by atoms with Crippen molar-refractivity contribution < 1.29 is 17.9 Å². The van der Waals surface area contributed by atoms with Gasteiger partial charge in [0.25, 0.3) is 0 Å². The summed E-state index contributed by atoms with van der Waals surface area (Å²) in [7, 11) is 1.82. The van der Waals surface area contributed by atoms with Crippen LogP contribution in [0.3, 0.4) is 0 Å². The molecular weight excluding hydrogens is 281 g/mol. The Morgan fingerprint density at radius 2 is 2.19 bits per heavy atom. The molecule has 1 atom stereocenters. The number of anilines is 1. The van der Waals surface area contributed by atoms with Crippen molar-refractivity contribution in [2.75, 3.05) is 31.7 Å². The van der Waals surface area contributed by atoms with Gasteiger partial charge in [-0.25, -0.2) is 0 Å². The summed E-state index contributed by atoms with van der Waals surface area (Å²) in [4.78, 5) is 1.88. The van der Waals surface area contributed by atoms with Crippen LogP contribution in [-0.4, -0.2) is 26.8 Å². The van der Waals surface area contributed by atoms with Crippen molar-refractivity contribution in [1.29, 1.82) is 5.26 Å². The highest BCUT2D eigenvalue weighted by Crippen LogP contribution is 2.33. The number of halogens is 3. The lowest BCUT2D eigenvalue weighted by Crippen LogP contribution is -2.30. The Hall–Kier alpha value is -1.74. The van der Waals surface area contributed by atoms with Crippen LogP contribution in [0.5, 0.6) is 0 Å². The molecule has 0 N–H and O–H groups in total. The van der Waals surface area contributed by atoms with Gasteiger partial charge in [-0.15, -0.1) is 0 Å². The van der Waals surface area contributed by atoms with Crippen LogP contribution in [0.4, 0.5) is 18.9 Å². The first-order valence-corrected chi connectivity index (χ1v) is 6.82. The topological polar surface area (TPSA) is 36.3 Å². The second-order valence-electron chi connectivity index (χ2n) is 5.30. The van der Waals surface area contributed by atoms with E-state index in [1.54, 1.807) is 6.07 Å². The highest BCUT2D eigenvalue weighted by Gasteiger charge is 2.33. The number of hydrogen-bond acceptors (Lipinski definition) is 3. The first-order valence-electron chi connectivity index (χ1n) is 6.82. The van der Waals surface area contributed by atoms with E-state index in [0.29, 0.717) is 24.8 Å². The zero-order valence-electron chi connectivity index (χ0n) is 11.8. The molecule has 6 heteroatoms. The SMILES string of the molecule is CN(CC1CCCOC1)c1ccc(C(F)(F)F)c(C#N)c1. The molecule has 21 heavy (non-hydrogen) atoms. The molecule has 0 bridgehead atoms. The van der Waals surface area contributed by atoms with E-state index in [4.69, 9.17) is 10.00 Å². The van der Waals surface area contributed by atoms with Crippen molar-refractivity contribution >= 4 is 5.69 Å². The van der Waals surface area contributed by atoms with Crippen LogP contribution in [0.25, 0.3) is 0 Å². The average molecular weight is 298 g/mol. The third-order valence-corrected chi connectivity index (χ3v) is 3.66. The van der Waals surface area contributed by atoms with Crippen LogP contribution < -0.4 is 4.90 Å². The lowest BCUT2D eigenvalue weighted by molar-refractivity contribution is -0.137. The second kappa shape index (κ2) is 6.35. The summed E-state index contributed by atoms with van der Waals surface area (Å²) in [6.45, 7) is 2.16. The minimum atomic E-state index is -4.50. The van der Waals surface area contributed by atoms with Crippen LogP contribution >= 0.6 is 0 Å². The van der Waals surface area contributed by atoms with Crippen molar-refractivity contribution in [2.45, 2.75) is 19.0 Å². The molecule has 1 aliphatic rings. The number of benzene rings is 1. The lowest BCUT2D eigenvalue weighted by Gasteiger charge is -2.28. The van der Waals surface area contributed by atoms with E-state index in [1.165, 1.54) is 12.1 Å². The van der Waals surface area contributed by atoms with Gasteiger partial charge in [0.15, 0.2) is 0 Å². The molecule has 0 aliphatic carbocycles. The normalized spacial score (nSPS) is 19.1. The van der Waals surface area contributed by atoms with Crippen LogP contribution in [0.1, 0.15) is 24.0 Å². The minimum absolute atomic E-state index is 0.341. The van der Waals surface area contributed by atoms with Gasteiger partial charge in [-0.1, -0.05) is 0 Å². The number of nitriles is 1. The molecule has 0 aromatic heterocycles. The summed E-state index contributed by atoms with van der Waals surface area (Å²) in [5.74, 6) is 0.372. The maximum absolute atomic E-state index is 12.8. The molecule has 0 radical (unpaired) electrons. The van der Waals surface area contributed by atoms with Crippen molar-refractivity contribution in [3.63, 3.8) is 0 Å². The van der Waals surface area contributed by atoms with Crippen LogP contribution in [0, 0.1) is 17.2 Å². The molecule has 1 unspecified atom stereocenters. The van der Waals surface area contributed by atoms with E-state index < -0.39 is 11.7 Å². The number of hydrogen-bond donors (Lipinski definition) is 0. The van der Waals surface area contributed by atoms with Gasteiger partial charge in [0.1, 0.15) is 0 Å². The van der Waals surface area contributed by atoms with Gasteiger partial charge in [0.05, 0.1) is 23.8 Å². The minimum Gasteiger partial charge on any atom is -0.381 e. The van der Waals surface area contributed by atoms with Crippen LogP contribution in [0.2, 0.25) is 0 Å². The second-order valence-corrected chi connectivity index (χ2v) is 5.30. The molecule has 1 heterocycles. The largest absolute Gasteiger partial charge is 0.417 e. The third kappa shape index (κ3) is 3.88. The van der Waals surface area contributed by atoms with E-state index in [9.17, 15) is 13.2 Å². The maximum atomic E-state index is 12.8. The van der Waals surface area contributed by atoms with E-state index in [-0.39, 0.29) is 5.56 Å². The molecule has 1 fully saturated rings. The number of nitrogens with zero attached hydrogens (tertiary/aromatic N) is 2. The van der Waals surface area contributed by atoms with Crippen molar-refractivity contribution in [3.05, 3.63) is 29.3 Å². The summed E-state index contributed by atoms with van der Waals surface area (Å²) in [6, 6.07) is 5.31. The Morgan fingerprint density at radius 3 is 2.76 bits per heavy atom. The standard InChI is InChI=1S/C15H17F3N2O/c1-20(9-11-3-2-6-21-10-11)13-4-5-14(15(16,17)18)12(7-13)8-19/h4-5,7,11H,2-3,6,9-10H2,1H3. The first kappa shape index (κ1) is 15.6. The maximum Gasteiger partial charge on any atom is 0.417 e. The zero-order chi connectivity index (χ0) is 15.5. The van der Waals surface area contributed by atoms with Gasteiger partial charge in [-0.2, -0.15) is 18.4 Å². The number of alkyl halides is 3. The van der Waals surface area contributed by atoms with E-state index in [1.807, 2.05) is 11.9 Å². The Bertz CT molecular complexity index is 531. The monoisotopic (exact) mass is 298 g/mol. The molecule has 0 spiro atoms. The number of rotatable bonds is 3. The van der Waals surface area contributed by atoms with E-state index in [0.717, 1.165) is 25.5 Å². The molecule has 1 aliphatic heterocycles. The molecule has 0 amide bonds. The fourth-order valence-corrected chi connectivity index (χ4v) is 2.55. The van der Waals surface area contributed by atoms with Gasteiger partial charge in [-0.3, -0.25) is 0 Å². The first-order chi connectivity index (χ1) is 9.91. The molecule has 3 nitrogen and oxygen atoms in total. The number of ether oxygens (including phenoxy) is 1. The molecule has 2 rings (SSSR count). The summed E-state index contributed by atoms with van der Waals surface area (Å²) in [5, 5.41) is 8.92. The predicted molar refractivity (Wildman–Crippen MR) is 73.0 cm³/mol. The summed E-state index contributed by atoms with van der Waals surface area (Å²) < 4.78 is 43.7. The fraction of sp³-hybridized carbons (Fsp3) is 0.533. The molecule has 1 aromatic carbocycles. The Balaban J connectivity index is 2.14. The fourth-order valence-electron chi connectivity index (χ4n) is 2.55. The summed E-state index contributed by atoms with van der Waals surface area (Å²) in [5.41, 5.74) is -0.611. The Labute approximate surface area is 121 Å². The van der Waals surface area contributed by atoms with Gasteiger partial charge < -0.3 is 9.64 Å². The van der Waals surface area contributed by atoms with E-state index >= 15 is 0 Å². The molecule has 1 saturated heterocycles. The summed E-state index contributed by atoms with van der Waals surface area (Å²) >= 11 is 0. The van der Waals surface area contributed by atoms with E-state index in [2.05, 4.69) is 0 Å². The zero-order valence-corrected chi connectivity index (χ0v) is 11.8. The highest BCUT2D eigenvalue weighted by atomic mass is 19.4. The lowest BCUT2D eigenvalue weighted by atomic mass is 10.0.